The molecule has 3 nitrogen and oxygen atoms in total. The number of ether oxygens (including phenoxy) is 1. The van der Waals surface area contributed by atoms with Gasteiger partial charge in [-0.05, 0) is 38.5 Å². The summed E-state index contributed by atoms with van der Waals surface area (Å²) in [5.41, 5.74) is 0.476. The maximum Gasteiger partial charge on any atom is 0.118 e. The summed E-state index contributed by atoms with van der Waals surface area (Å²) in [5, 5.41) is 13.0. The molecule has 0 heterocycles. The van der Waals surface area contributed by atoms with E-state index in [4.69, 9.17) is 4.74 Å². The lowest BCUT2D eigenvalue weighted by molar-refractivity contribution is 0.0437. The van der Waals surface area contributed by atoms with Crippen LogP contribution in [0.25, 0.3) is 0 Å². The van der Waals surface area contributed by atoms with Crippen molar-refractivity contribution in [3.63, 3.8) is 0 Å². The maximum atomic E-state index is 9.76. The van der Waals surface area contributed by atoms with Crippen molar-refractivity contribution in [1.29, 1.82) is 0 Å². The number of aliphatic hydroxyl groups is 1. The van der Waals surface area contributed by atoms with Crippen LogP contribution in [0.3, 0.4) is 0 Å². The fourth-order valence-corrected chi connectivity index (χ4v) is 1.26. The third-order valence-corrected chi connectivity index (χ3v) is 2.83. The summed E-state index contributed by atoms with van der Waals surface area (Å²) in [4.78, 5) is 0. The molecule has 90 valence electrons. The Balaban J connectivity index is 2.48. The second kappa shape index (κ2) is 5.32. The van der Waals surface area contributed by atoms with Gasteiger partial charge in [0.25, 0.3) is 0 Å². The van der Waals surface area contributed by atoms with Gasteiger partial charge in [-0.1, -0.05) is 12.1 Å². The van der Waals surface area contributed by atoms with Crippen molar-refractivity contribution in [2.24, 2.45) is 0 Å². The molecule has 0 aliphatic heterocycles. The van der Waals surface area contributed by atoms with Crippen LogP contribution in [0.1, 0.15) is 26.3 Å². The van der Waals surface area contributed by atoms with Crippen LogP contribution in [0.15, 0.2) is 24.3 Å². The molecule has 0 saturated carbocycles. The molecule has 0 aliphatic rings. The van der Waals surface area contributed by atoms with E-state index in [0.29, 0.717) is 0 Å². The first-order chi connectivity index (χ1) is 7.43. The van der Waals surface area contributed by atoms with Crippen molar-refractivity contribution in [1.82, 2.24) is 5.32 Å². The second-order valence-electron chi connectivity index (χ2n) is 4.60. The van der Waals surface area contributed by atoms with Crippen LogP contribution >= 0.6 is 0 Å². The van der Waals surface area contributed by atoms with Gasteiger partial charge in [0.1, 0.15) is 5.75 Å². The Bertz CT molecular complexity index is 314. The normalized spacial score (nSPS) is 13.6. The predicted molar refractivity (Wildman–Crippen MR) is 65.6 cm³/mol. The van der Waals surface area contributed by atoms with Crippen molar-refractivity contribution >= 4 is 0 Å². The third kappa shape index (κ3) is 3.83. The molecule has 16 heavy (non-hydrogen) atoms. The molecule has 0 saturated heterocycles. The molecular formula is C13H21NO2. The lowest BCUT2D eigenvalue weighted by Crippen LogP contribution is -2.44. The van der Waals surface area contributed by atoms with Crippen LogP contribution in [0.2, 0.25) is 0 Å². The highest BCUT2D eigenvalue weighted by atomic mass is 16.5. The van der Waals surface area contributed by atoms with Gasteiger partial charge in [0.2, 0.25) is 0 Å². The van der Waals surface area contributed by atoms with Gasteiger partial charge in [-0.2, -0.15) is 0 Å². The van der Waals surface area contributed by atoms with Crippen molar-refractivity contribution in [3.8, 4) is 5.75 Å². The molecule has 1 atom stereocenters. The lowest BCUT2D eigenvalue weighted by Gasteiger charge is -2.26. The van der Waals surface area contributed by atoms with Gasteiger partial charge in [0, 0.05) is 12.6 Å². The van der Waals surface area contributed by atoms with Gasteiger partial charge in [0.15, 0.2) is 0 Å². The monoisotopic (exact) mass is 223 g/mol. The maximum absolute atomic E-state index is 9.76. The van der Waals surface area contributed by atoms with Gasteiger partial charge in [-0.25, -0.2) is 0 Å². The Kier molecular flexibility index (Phi) is 4.33. The highest BCUT2D eigenvalue weighted by molar-refractivity contribution is 5.27. The second-order valence-corrected chi connectivity index (χ2v) is 4.60. The molecule has 0 radical (unpaired) electrons. The standard InChI is InChI=1S/C13H21NO2/c1-10(13(2,3)15)14-9-11-5-7-12(16-4)8-6-11/h5-8,10,14-15H,9H2,1-4H3. The summed E-state index contributed by atoms with van der Waals surface area (Å²) < 4.78 is 5.09. The molecule has 1 unspecified atom stereocenters. The minimum absolute atomic E-state index is 0.0506. The van der Waals surface area contributed by atoms with Crippen LogP contribution in [0.4, 0.5) is 0 Å². The van der Waals surface area contributed by atoms with Crippen molar-refractivity contribution in [2.45, 2.75) is 39.0 Å². The van der Waals surface area contributed by atoms with Crippen molar-refractivity contribution in [3.05, 3.63) is 29.8 Å². The third-order valence-electron chi connectivity index (χ3n) is 2.83. The van der Waals surface area contributed by atoms with Gasteiger partial charge in [-0.3, -0.25) is 0 Å². The van der Waals surface area contributed by atoms with Crippen LogP contribution < -0.4 is 10.1 Å². The van der Waals surface area contributed by atoms with E-state index >= 15 is 0 Å². The van der Waals surface area contributed by atoms with Crippen LogP contribution in [0, 0.1) is 0 Å². The van der Waals surface area contributed by atoms with E-state index < -0.39 is 5.60 Å². The molecule has 0 fully saturated rings. The highest BCUT2D eigenvalue weighted by Crippen LogP contribution is 2.12. The first-order valence-corrected chi connectivity index (χ1v) is 5.52. The summed E-state index contributed by atoms with van der Waals surface area (Å²) in [6.07, 6.45) is 0. The molecule has 0 aromatic heterocycles. The Morgan fingerprint density at radius 3 is 2.31 bits per heavy atom. The quantitative estimate of drug-likeness (QED) is 0.801. The predicted octanol–water partition coefficient (Wildman–Crippen LogP) is 1.94. The minimum Gasteiger partial charge on any atom is -0.497 e. The van der Waals surface area contributed by atoms with Gasteiger partial charge >= 0.3 is 0 Å². The lowest BCUT2D eigenvalue weighted by atomic mass is 10.0. The molecule has 0 aliphatic carbocycles. The average Bonchev–Trinajstić information content (AvgIpc) is 2.25. The number of methoxy groups -OCH3 is 1. The zero-order valence-corrected chi connectivity index (χ0v) is 10.4. The molecule has 3 heteroatoms. The van der Waals surface area contributed by atoms with Crippen molar-refractivity contribution < 1.29 is 9.84 Å². The Hall–Kier alpha value is -1.06. The molecule has 0 amide bonds. The van der Waals surface area contributed by atoms with E-state index in [-0.39, 0.29) is 6.04 Å². The number of rotatable bonds is 5. The molecule has 0 bridgehead atoms. The zero-order chi connectivity index (χ0) is 12.2. The molecule has 1 rings (SSSR count). The first kappa shape index (κ1) is 13.0. The number of hydrogen-bond acceptors (Lipinski definition) is 3. The highest BCUT2D eigenvalue weighted by Gasteiger charge is 2.21. The molecule has 1 aromatic rings. The Morgan fingerprint density at radius 2 is 1.88 bits per heavy atom. The summed E-state index contributed by atoms with van der Waals surface area (Å²) >= 11 is 0. The number of benzene rings is 1. The van der Waals surface area contributed by atoms with Gasteiger partial charge in [-0.15, -0.1) is 0 Å². The summed E-state index contributed by atoms with van der Waals surface area (Å²) in [5.74, 6) is 0.860. The van der Waals surface area contributed by atoms with E-state index in [1.54, 1.807) is 21.0 Å². The van der Waals surface area contributed by atoms with Gasteiger partial charge in [0.05, 0.1) is 12.7 Å². The summed E-state index contributed by atoms with van der Waals surface area (Å²) in [6, 6.07) is 7.96. The molecular weight excluding hydrogens is 202 g/mol. The minimum atomic E-state index is -0.702. The van der Waals surface area contributed by atoms with Crippen LogP contribution in [-0.4, -0.2) is 23.9 Å². The molecule has 0 spiro atoms. The largest absolute Gasteiger partial charge is 0.497 e. The molecule has 2 N–H and O–H groups in total. The smallest absolute Gasteiger partial charge is 0.118 e. The molecule has 1 aromatic carbocycles. The van der Waals surface area contributed by atoms with E-state index in [2.05, 4.69) is 5.32 Å². The van der Waals surface area contributed by atoms with Crippen LogP contribution in [-0.2, 0) is 6.54 Å². The Morgan fingerprint density at radius 1 is 1.31 bits per heavy atom. The van der Waals surface area contributed by atoms with E-state index in [1.807, 2.05) is 31.2 Å². The summed E-state index contributed by atoms with van der Waals surface area (Å²) in [7, 11) is 1.66. The fraction of sp³-hybridized carbons (Fsp3) is 0.538. The fourth-order valence-electron chi connectivity index (χ4n) is 1.26. The Labute approximate surface area is 97.4 Å². The first-order valence-electron chi connectivity index (χ1n) is 5.52. The van der Waals surface area contributed by atoms with E-state index in [9.17, 15) is 5.11 Å². The van der Waals surface area contributed by atoms with E-state index in [1.165, 1.54) is 5.56 Å². The van der Waals surface area contributed by atoms with Crippen LogP contribution in [0.5, 0.6) is 5.75 Å². The number of hydrogen-bond donors (Lipinski definition) is 2. The zero-order valence-electron chi connectivity index (χ0n) is 10.4. The average molecular weight is 223 g/mol. The van der Waals surface area contributed by atoms with Gasteiger partial charge < -0.3 is 15.2 Å². The topological polar surface area (TPSA) is 41.5 Å². The summed E-state index contributed by atoms with van der Waals surface area (Å²) in [6.45, 7) is 6.33. The van der Waals surface area contributed by atoms with E-state index in [0.717, 1.165) is 12.3 Å². The van der Waals surface area contributed by atoms with Crippen molar-refractivity contribution in [2.75, 3.05) is 7.11 Å². The number of nitrogens with one attached hydrogen (secondary N) is 1. The SMILES string of the molecule is COc1ccc(CNC(C)C(C)(C)O)cc1.